The number of ether oxygens (including phenoxy) is 2. The number of rotatable bonds is 9. The van der Waals surface area contributed by atoms with Gasteiger partial charge in [-0.2, -0.15) is 0 Å². The van der Waals surface area contributed by atoms with Crippen LogP contribution < -0.4 is 15.4 Å². The summed E-state index contributed by atoms with van der Waals surface area (Å²) in [4.78, 5) is 6.81. The first-order chi connectivity index (χ1) is 15.1. The van der Waals surface area contributed by atoms with E-state index in [1.165, 1.54) is 5.56 Å². The zero-order chi connectivity index (χ0) is 22.1. The first-order valence-corrected chi connectivity index (χ1v) is 11.1. The Balaban J connectivity index is 1.50. The Morgan fingerprint density at radius 3 is 2.48 bits per heavy atom. The van der Waals surface area contributed by atoms with Crippen molar-refractivity contribution in [3.05, 3.63) is 53.5 Å². The number of nitrogens with one attached hydrogen (secondary N) is 2. The average Bonchev–Trinajstić information content (AvgIpc) is 3.24. The molecular formula is C24H36N4O3. The minimum absolute atomic E-state index is 0.148. The molecule has 0 amide bonds. The first-order valence-electron chi connectivity index (χ1n) is 11.1. The third-order valence-electron chi connectivity index (χ3n) is 5.82. The molecule has 2 unspecified atom stereocenters. The van der Waals surface area contributed by atoms with Crippen LogP contribution in [0.2, 0.25) is 0 Å². The van der Waals surface area contributed by atoms with E-state index < -0.39 is 0 Å². The van der Waals surface area contributed by atoms with Crippen LogP contribution in [0.3, 0.4) is 0 Å². The lowest BCUT2D eigenvalue weighted by Crippen LogP contribution is -2.46. The Morgan fingerprint density at radius 2 is 1.87 bits per heavy atom. The smallest absolute Gasteiger partial charge is 0.191 e. The van der Waals surface area contributed by atoms with Gasteiger partial charge in [-0.1, -0.05) is 19.1 Å². The number of hydrogen-bond donors (Lipinski definition) is 2. The fourth-order valence-electron chi connectivity index (χ4n) is 3.85. The molecule has 170 valence electrons. The van der Waals surface area contributed by atoms with Gasteiger partial charge in [0.2, 0.25) is 0 Å². The second kappa shape index (κ2) is 11.8. The van der Waals surface area contributed by atoms with Crippen molar-refractivity contribution in [1.29, 1.82) is 0 Å². The monoisotopic (exact) mass is 428 g/mol. The van der Waals surface area contributed by atoms with Crippen molar-refractivity contribution >= 4 is 5.96 Å². The van der Waals surface area contributed by atoms with Crippen molar-refractivity contribution in [3.8, 4) is 5.75 Å². The Bertz CT molecular complexity index is 812. The summed E-state index contributed by atoms with van der Waals surface area (Å²) in [5.41, 5.74) is 1.31. The highest BCUT2D eigenvalue weighted by Gasteiger charge is 2.25. The van der Waals surface area contributed by atoms with Gasteiger partial charge in [-0.25, -0.2) is 0 Å². The molecule has 0 bridgehead atoms. The molecule has 1 aliphatic rings. The maximum absolute atomic E-state index is 5.95. The molecule has 3 rings (SSSR count). The third-order valence-corrected chi connectivity index (χ3v) is 5.82. The van der Waals surface area contributed by atoms with Crippen molar-refractivity contribution in [3.63, 3.8) is 0 Å². The Kier molecular flexibility index (Phi) is 8.79. The number of aryl methyl sites for hydroxylation is 1. The van der Waals surface area contributed by atoms with Crippen LogP contribution in [0.15, 0.2) is 45.8 Å². The van der Waals surface area contributed by atoms with Gasteiger partial charge in [0.15, 0.2) is 5.96 Å². The van der Waals surface area contributed by atoms with E-state index in [0.717, 1.165) is 69.0 Å². The molecule has 7 nitrogen and oxygen atoms in total. The Labute approximate surface area is 185 Å². The van der Waals surface area contributed by atoms with E-state index in [-0.39, 0.29) is 6.04 Å². The Hall–Kier alpha value is -2.51. The van der Waals surface area contributed by atoms with Gasteiger partial charge in [0.25, 0.3) is 0 Å². The normalized spacial score (nSPS) is 17.2. The van der Waals surface area contributed by atoms with Crippen LogP contribution >= 0.6 is 0 Å². The second-order valence-electron chi connectivity index (χ2n) is 7.96. The fraction of sp³-hybridized carbons (Fsp3) is 0.542. The van der Waals surface area contributed by atoms with Crippen molar-refractivity contribution in [2.24, 2.45) is 4.99 Å². The van der Waals surface area contributed by atoms with E-state index in [1.54, 1.807) is 7.11 Å². The maximum Gasteiger partial charge on any atom is 0.191 e. The molecule has 0 spiro atoms. The van der Waals surface area contributed by atoms with Gasteiger partial charge in [-0.05, 0) is 49.1 Å². The van der Waals surface area contributed by atoms with E-state index >= 15 is 0 Å². The molecule has 1 aromatic heterocycles. The molecule has 2 N–H and O–H groups in total. The molecule has 0 saturated carbocycles. The van der Waals surface area contributed by atoms with Crippen molar-refractivity contribution in [2.45, 2.75) is 32.2 Å². The number of nitrogens with zero attached hydrogens (tertiary/aromatic N) is 2. The quantitative estimate of drug-likeness (QED) is 0.472. The third kappa shape index (κ3) is 6.74. The first kappa shape index (κ1) is 23.2. The largest absolute Gasteiger partial charge is 0.497 e. The zero-order valence-corrected chi connectivity index (χ0v) is 19.2. The van der Waals surface area contributed by atoms with Crippen LogP contribution in [-0.4, -0.2) is 64.4 Å². The number of methoxy groups -OCH3 is 1. The molecule has 1 aliphatic heterocycles. The predicted octanol–water partition coefficient (Wildman–Crippen LogP) is 3.33. The summed E-state index contributed by atoms with van der Waals surface area (Å²) < 4.78 is 16.7. The predicted molar refractivity (Wildman–Crippen MR) is 124 cm³/mol. The molecule has 2 aromatic rings. The van der Waals surface area contributed by atoms with Crippen molar-refractivity contribution in [1.82, 2.24) is 15.5 Å². The summed E-state index contributed by atoms with van der Waals surface area (Å²) in [6, 6.07) is 12.5. The summed E-state index contributed by atoms with van der Waals surface area (Å²) in [6.45, 7) is 9.11. The lowest BCUT2D eigenvalue weighted by Gasteiger charge is -2.33. The highest BCUT2D eigenvalue weighted by Crippen LogP contribution is 2.24. The number of hydrogen-bond acceptors (Lipinski definition) is 5. The zero-order valence-electron chi connectivity index (χ0n) is 19.2. The van der Waals surface area contributed by atoms with Crippen LogP contribution in [0.1, 0.15) is 42.4 Å². The minimum Gasteiger partial charge on any atom is -0.497 e. The van der Waals surface area contributed by atoms with Crippen LogP contribution in [0.4, 0.5) is 0 Å². The van der Waals surface area contributed by atoms with Gasteiger partial charge in [-0.3, -0.25) is 9.89 Å². The molecule has 0 radical (unpaired) electrons. The summed E-state index contributed by atoms with van der Waals surface area (Å²) in [7, 11) is 3.50. The molecule has 2 atom stereocenters. The van der Waals surface area contributed by atoms with Gasteiger partial charge < -0.3 is 24.5 Å². The van der Waals surface area contributed by atoms with E-state index in [1.807, 2.05) is 32.2 Å². The van der Waals surface area contributed by atoms with E-state index in [0.29, 0.717) is 5.92 Å². The van der Waals surface area contributed by atoms with Gasteiger partial charge >= 0.3 is 0 Å². The SMILES string of the molecule is CN=C(NCCC(C)c1ccc(OC)cc1)NCC(c1ccc(C)o1)N1CCOCC1. The van der Waals surface area contributed by atoms with Gasteiger partial charge in [0.05, 0.1) is 26.4 Å². The second-order valence-corrected chi connectivity index (χ2v) is 7.96. The van der Waals surface area contributed by atoms with Crippen molar-refractivity contribution in [2.75, 3.05) is 53.6 Å². The van der Waals surface area contributed by atoms with Crippen LogP contribution in [0.5, 0.6) is 5.75 Å². The molecule has 1 saturated heterocycles. The van der Waals surface area contributed by atoms with E-state index in [9.17, 15) is 0 Å². The lowest BCUT2D eigenvalue weighted by atomic mass is 9.98. The topological polar surface area (TPSA) is 71.3 Å². The standard InChI is InChI=1S/C24H36N4O3/c1-18(20-6-8-21(29-4)9-7-20)11-12-26-24(25-3)27-17-22(23-10-5-19(2)31-23)28-13-15-30-16-14-28/h5-10,18,22H,11-17H2,1-4H3,(H2,25,26,27). The number of morpholine rings is 1. The molecule has 2 heterocycles. The summed E-state index contributed by atoms with van der Waals surface area (Å²) in [6.07, 6.45) is 1.01. The minimum atomic E-state index is 0.148. The van der Waals surface area contributed by atoms with Crippen LogP contribution in [-0.2, 0) is 4.74 Å². The highest BCUT2D eigenvalue weighted by molar-refractivity contribution is 5.79. The van der Waals surface area contributed by atoms with Gasteiger partial charge in [0.1, 0.15) is 17.3 Å². The van der Waals surface area contributed by atoms with Crippen LogP contribution in [0.25, 0.3) is 0 Å². The molecule has 1 fully saturated rings. The fourth-order valence-corrected chi connectivity index (χ4v) is 3.85. The summed E-state index contributed by atoms with van der Waals surface area (Å²) in [5.74, 6) is 4.06. The number of benzene rings is 1. The highest BCUT2D eigenvalue weighted by atomic mass is 16.5. The number of aliphatic imine (C=N–C) groups is 1. The van der Waals surface area contributed by atoms with Crippen LogP contribution in [0, 0.1) is 6.92 Å². The molecular weight excluding hydrogens is 392 g/mol. The maximum atomic E-state index is 5.95. The average molecular weight is 429 g/mol. The number of furan rings is 1. The summed E-state index contributed by atoms with van der Waals surface area (Å²) in [5, 5.41) is 6.93. The van der Waals surface area contributed by atoms with E-state index in [2.05, 4.69) is 45.6 Å². The van der Waals surface area contributed by atoms with Crippen molar-refractivity contribution < 1.29 is 13.9 Å². The van der Waals surface area contributed by atoms with Gasteiger partial charge in [0, 0.05) is 33.2 Å². The van der Waals surface area contributed by atoms with E-state index in [4.69, 9.17) is 13.9 Å². The lowest BCUT2D eigenvalue weighted by molar-refractivity contribution is 0.0124. The number of guanidine groups is 1. The molecule has 0 aliphatic carbocycles. The van der Waals surface area contributed by atoms with Gasteiger partial charge in [-0.15, -0.1) is 0 Å². The molecule has 31 heavy (non-hydrogen) atoms. The summed E-state index contributed by atoms with van der Waals surface area (Å²) >= 11 is 0. The molecule has 1 aromatic carbocycles. The molecule has 7 heteroatoms. The Morgan fingerprint density at radius 1 is 1.13 bits per heavy atom.